The number of rotatable bonds is 4. The van der Waals surface area contributed by atoms with Gasteiger partial charge in [-0.1, -0.05) is 52.0 Å². The van der Waals surface area contributed by atoms with Crippen LogP contribution in [0.25, 0.3) is 0 Å². The van der Waals surface area contributed by atoms with Crippen molar-refractivity contribution in [1.29, 1.82) is 0 Å². The predicted molar refractivity (Wildman–Crippen MR) is 70.0 cm³/mol. The SMILES string of the molecule is CC(C)C(N)c1ccc(C(N)C(C)C)cc1. The van der Waals surface area contributed by atoms with Crippen molar-refractivity contribution in [3.05, 3.63) is 35.4 Å². The van der Waals surface area contributed by atoms with Crippen molar-refractivity contribution in [3.8, 4) is 0 Å². The van der Waals surface area contributed by atoms with Crippen LogP contribution >= 0.6 is 0 Å². The van der Waals surface area contributed by atoms with Crippen molar-refractivity contribution in [2.45, 2.75) is 39.8 Å². The minimum atomic E-state index is 0.115. The average Bonchev–Trinajstić information content (AvgIpc) is 2.27. The Labute approximate surface area is 99.0 Å². The van der Waals surface area contributed by atoms with Crippen LogP contribution in [0.2, 0.25) is 0 Å². The molecule has 2 atom stereocenters. The number of hydrogen-bond donors (Lipinski definition) is 2. The average molecular weight is 220 g/mol. The molecule has 0 aliphatic carbocycles. The molecule has 0 saturated heterocycles. The van der Waals surface area contributed by atoms with Gasteiger partial charge in [0, 0.05) is 12.1 Å². The lowest BCUT2D eigenvalue weighted by molar-refractivity contribution is 0.507. The van der Waals surface area contributed by atoms with E-state index in [0.717, 1.165) is 0 Å². The first-order chi connectivity index (χ1) is 7.43. The van der Waals surface area contributed by atoms with Crippen LogP contribution in [-0.2, 0) is 0 Å². The maximum atomic E-state index is 6.09. The fourth-order valence-electron chi connectivity index (χ4n) is 1.71. The Morgan fingerprint density at radius 2 is 0.938 bits per heavy atom. The third-order valence-electron chi connectivity index (χ3n) is 3.14. The molecular weight excluding hydrogens is 196 g/mol. The molecule has 90 valence electrons. The molecule has 0 aliphatic rings. The van der Waals surface area contributed by atoms with E-state index in [4.69, 9.17) is 11.5 Å². The van der Waals surface area contributed by atoms with Crippen LogP contribution in [0.4, 0.5) is 0 Å². The van der Waals surface area contributed by atoms with Gasteiger partial charge in [-0.05, 0) is 23.0 Å². The summed E-state index contributed by atoms with van der Waals surface area (Å²) in [5.41, 5.74) is 14.6. The van der Waals surface area contributed by atoms with E-state index >= 15 is 0 Å². The van der Waals surface area contributed by atoms with E-state index in [0.29, 0.717) is 11.8 Å². The molecule has 2 unspecified atom stereocenters. The normalized spacial score (nSPS) is 15.5. The quantitative estimate of drug-likeness (QED) is 0.819. The van der Waals surface area contributed by atoms with Gasteiger partial charge >= 0.3 is 0 Å². The zero-order valence-electron chi connectivity index (χ0n) is 10.8. The smallest absolute Gasteiger partial charge is 0.0318 e. The third kappa shape index (κ3) is 3.06. The molecule has 0 radical (unpaired) electrons. The molecule has 1 rings (SSSR count). The number of nitrogens with two attached hydrogens (primary N) is 2. The Hall–Kier alpha value is -0.860. The van der Waals surface area contributed by atoms with Crippen molar-refractivity contribution in [2.75, 3.05) is 0 Å². The van der Waals surface area contributed by atoms with Crippen molar-refractivity contribution < 1.29 is 0 Å². The van der Waals surface area contributed by atoms with Gasteiger partial charge in [0.2, 0.25) is 0 Å². The molecule has 0 saturated carbocycles. The molecule has 0 bridgehead atoms. The van der Waals surface area contributed by atoms with Crippen LogP contribution < -0.4 is 11.5 Å². The van der Waals surface area contributed by atoms with Crippen molar-refractivity contribution in [1.82, 2.24) is 0 Å². The van der Waals surface area contributed by atoms with Gasteiger partial charge < -0.3 is 11.5 Å². The van der Waals surface area contributed by atoms with Gasteiger partial charge in [-0.2, -0.15) is 0 Å². The molecule has 2 nitrogen and oxygen atoms in total. The second-order valence-corrected chi connectivity index (χ2v) is 5.21. The van der Waals surface area contributed by atoms with E-state index in [9.17, 15) is 0 Å². The van der Waals surface area contributed by atoms with Gasteiger partial charge in [-0.3, -0.25) is 0 Å². The van der Waals surface area contributed by atoms with E-state index in [1.165, 1.54) is 11.1 Å². The molecule has 0 amide bonds. The minimum Gasteiger partial charge on any atom is -0.324 e. The maximum absolute atomic E-state index is 6.09. The third-order valence-corrected chi connectivity index (χ3v) is 3.14. The number of hydrogen-bond acceptors (Lipinski definition) is 2. The Morgan fingerprint density at radius 1 is 0.688 bits per heavy atom. The molecule has 1 aromatic rings. The lowest BCUT2D eigenvalue weighted by atomic mass is 9.92. The molecule has 0 aliphatic heterocycles. The zero-order valence-corrected chi connectivity index (χ0v) is 10.8. The van der Waals surface area contributed by atoms with Crippen LogP contribution in [0, 0.1) is 11.8 Å². The van der Waals surface area contributed by atoms with Crippen molar-refractivity contribution >= 4 is 0 Å². The van der Waals surface area contributed by atoms with Crippen molar-refractivity contribution in [2.24, 2.45) is 23.3 Å². The summed E-state index contributed by atoms with van der Waals surface area (Å²) in [6.07, 6.45) is 0. The highest BCUT2D eigenvalue weighted by molar-refractivity contribution is 5.27. The van der Waals surface area contributed by atoms with Gasteiger partial charge in [0.1, 0.15) is 0 Å². The van der Waals surface area contributed by atoms with Crippen LogP contribution in [0.3, 0.4) is 0 Å². The minimum absolute atomic E-state index is 0.115. The van der Waals surface area contributed by atoms with Gasteiger partial charge in [0.05, 0.1) is 0 Å². The Kier molecular flexibility index (Phi) is 4.51. The summed E-state index contributed by atoms with van der Waals surface area (Å²) in [6, 6.07) is 8.63. The van der Waals surface area contributed by atoms with Crippen LogP contribution in [0.5, 0.6) is 0 Å². The summed E-state index contributed by atoms with van der Waals surface area (Å²) in [5.74, 6) is 0.925. The van der Waals surface area contributed by atoms with Crippen molar-refractivity contribution in [3.63, 3.8) is 0 Å². The second kappa shape index (κ2) is 5.46. The summed E-state index contributed by atoms with van der Waals surface area (Å²) in [6.45, 7) is 8.55. The molecule has 16 heavy (non-hydrogen) atoms. The van der Waals surface area contributed by atoms with Gasteiger partial charge in [0.25, 0.3) is 0 Å². The summed E-state index contributed by atoms with van der Waals surface area (Å²) in [5, 5.41) is 0. The fraction of sp³-hybridized carbons (Fsp3) is 0.571. The van der Waals surface area contributed by atoms with Gasteiger partial charge in [-0.15, -0.1) is 0 Å². The molecule has 0 fully saturated rings. The predicted octanol–water partition coefficient (Wildman–Crippen LogP) is 3.00. The van der Waals surface area contributed by atoms with Crippen LogP contribution in [0.15, 0.2) is 24.3 Å². The molecular formula is C14H24N2. The van der Waals surface area contributed by atoms with E-state index in [2.05, 4.69) is 52.0 Å². The molecule has 1 aromatic carbocycles. The summed E-state index contributed by atoms with van der Waals surface area (Å²) in [7, 11) is 0. The van der Waals surface area contributed by atoms with Gasteiger partial charge in [-0.25, -0.2) is 0 Å². The second-order valence-electron chi connectivity index (χ2n) is 5.21. The number of benzene rings is 1. The highest BCUT2D eigenvalue weighted by atomic mass is 14.7. The lowest BCUT2D eigenvalue weighted by Gasteiger charge is -2.19. The summed E-state index contributed by atoms with van der Waals surface area (Å²) < 4.78 is 0. The standard InChI is InChI=1S/C14H24N2/c1-9(2)13(15)11-5-7-12(8-6-11)14(16)10(3)4/h5-10,13-14H,15-16H2,1-4H3. The first-order valence-electron chi connectivity index (χ1n) is 6.04. The first-order valence-corrected chi connectivity index (χ1v) is 6.04. The molecule has 0 aromatic heterocycles. The Morgan fingerprint density at radius 3 is 1.12 bits per heavy atom. The van der Waals surface area contributed by atoms with E-state index in [1.54, 1.807) is 0 Å². The molecule has 0 spiro atoms. The van der Waals surface area contributed by atoms with E-state index in [-0.39, 0.29) is 12.1 Å². The van der Waals surface area contributed by atoms with Gasteiger partial charge in [0.15, 0.2) is 0 Å². The summed E-state index contributed by atoms with van der Waals surface area (Å²) >= 11 is 0. The topological polar surface area (TPSA) is 52.0 Å². The first kappa shape index (κ1) is 13.2. The summed E-state index contributed by atoms with van der Waals surface area (Å²) in [4.78, 5) is 0. The van der Waals surface area contributed by atoms with E-state index in [1.807, 2.05) is 0 Å². The highest BCUT2D eigenvalue weighted by Gasteiger charge is 2.13. The fourth-order valence-corrected chi connectivity index (χ4v) is 1.71. The van der Waals surface area contributed by atoms with Crippen LogP contribution in [0.1, 0.15) is 50.9 Å². The maximum Gasteiger partial charge on any atom is 0.0318 e. The van der Waals surface area contributed by atoms with Crippen LogP contribution in [-0.4, -0.2) is 0 Å². The Bertz CT molecular complexity index is 281. The Balaban J connectivity index is 2.83. The molecule has 2 heteroatoms. The monoisotopic (exact) mass is 220 g/mol. The largest absolute Gasteiger partial charge is 0.324 e. The zero-order chi connectivity index (χ0) is 12.3. The molecule has 4 N–H and O–H groups in total. The van der Waals surface area contributed by atoms with E-state index < -0.39 is 0 Å². The highest BCUT2D eigenvalue weighted by Crippen LogP contribution is 2.23. The lowest BCUT2D eigenvalue weighted by Crippen LogP contribution is -2.18. The molecule has 0 heterocycles.